The molecule has 0 radical (unpaired) electrons. The second-order valence-electron chi connectivity index (χ2n) is 7.08. The summed E-state index contributed by atoms with van der Waals surface area (Å²) in [6.07, 6.45) is 1.57. The van der Waals surface area contributed by atoms with Crippen molar-refractivity contribution in [3.63, 3.8) is 0 Å². The van der Waals surface area contributed by atoms with Crippen LogP contribution in [0.25, 0.3) is 0 Å². The molecule has 1 aromatic heterocycles. The molecule has 2 aromatic carbocycles. The lowest BCUT2D eigenvalue weighted by molar-refractivity contribution is 0.0657. The van der Waals surface area contributed by atoms with Gasteiger partial charge in [-0.05, 0) is 60.2 Å². The number of hydrogen-bond acceptors (Lipinski definition) is 4. The largest absolute Gasteiger partial charge is 0.331 e. The maximum absolute atomic E-state index is 13.9. The monoisotopic (exact) mass is 444 g/mol. The van der Waals surface area contributed by atoms with Gasteiger partial charge in [-0.15, -0.1) is 11.3 Å². The Bertz CT molecular complexity index is 1190. The van der Waals surface area contributed by atoms with E-state index in [4.69, 9.17) is 0 Å². The van der Waals surface area contributed by atoms with Crippen molar-refractivity contribution in [1.29, 1.82) is 0 Å². The van der Waals surface area contributed by atoms with Crippen LogP contribution in [0.4, 0.5) is 10.1 Å². The summed E-state index contributed by atoms with van der Waals surface area (Å²) in [5.41, 5.74) is 1.33. The molecule has 0 unspecified atom stereocenters. The Hall–Kier alpha value is -2.71. The highest BCUT2D eigenvalue weighted by molar-refractivity contribution is 7.92. The molecular formula is C22H21FN2O3S2. The van der Waals surface area contributed by atoms with E-state index in [-0.39, 0.29) is 22.5 Å². The highest BCUT2D eigenvalue weighted by Crippen LogP contribution is 2.36. The lowest BCUT2D eigenvalue weighted by Crippen LogP contribution is -2.39. The van der Waals surface area contributed by atoms with Gasteiger partial charge < -0.3 is 4.90 Å². The van der Waals surface area contributed by atoms with Crippen LogP contribution in [0.2, 0.25) is 0 Å². The van der Waals surface area contributed by atoms with E-state index in [1.807, 2.05) is 17.2 Å². The molecule has 0 bridgehead atoms. The minimum Gasteiger partial charge on any atom is -0.331 e. The second-order valence-corrected chi connectivity index (χ2v) is 9.77. The van der Waals surface area contributed by atoms with Gasteiger partial charge in [-0.1, -0.05) is 25.1 Å². The fraction of sp³-hybridized carbons (Fsp3) is 0.227. The first kappa shape index (κ1) is 20.6. The standard InChI is InChI=1S/C22H21FN2O3S2/c1-2-20-17-11-13-29-21(17)10-12-25(20)22(26)15-6-5-7-16(14-15)30(27,28)24-19-9-4-3-8-18(19)23/h3-9,11,13-14,20,24H,2,10,12H2,1H3/t20-/m0/s1. The molecule has 0 fully saturated rings. The Morgan fingerprint density at radius 3 is 2.77 bits per heavy atom. The van der Waals surface area contributed by atoms with Crippen LogP contribution in [0, 0.1) is 5.82 Å². The van der Waals surface area contributed by atoms with E-state index >= 15 is 0 Å². The van der Waals surface area contributed by atoms with Crippen LogP contribution in [0.3, 0.4) is 0 Å². The number of nitrogens with zero attached hydrogens (tertiary/aromatic N) is 1. The van der Waals surface area contributed by atoms with Gasteiger partial charge in [0.2, 0.25) is 0 Å². The molecule has 1 N–H and O–H groups in total. The second kappa shape index (κ2) is 8.20. The molecule has 0 spiro atoms. The fourth-order valence-corrected chi connectivity index (χ4v) is 5.83. The molecule has 1 amide bonds. The third-order valence-corrected chi connectivity index (χ3v) is 7.61. The van der Waals surface area contributed by atoms with E-state index in [9.17, 15) is 17.6 Å². The molecule has 156 valence electrons. The van der Waals surface area contributed by atoms with Crippen LogP contribution in [0.15, 0.2) is 64.9 Å². The topological polar surface area (TPSA) is 66.5 Å². The maximum atomic E-state index is 13.9. The van der Waals surface area contributed by atoms with E-state index in [0.29, 0.717) is 12.1 Å². The number of hydrogen-bond donors (Lipinski definition) is 1. The van der Waals surface area contributed by atoms with Gasteiger partial charge >= 0.3 is 0 Å². The Morgan fingerprint density at radius 2 is 2.00 bits per heavy atom. The summed E-state index contributed by atoms with van der Waals surface area (Å²) in [6, 6.07) is 13.5. The normalized spacial score (nSPS) is 16.2. The lowest BCUT2D eigenvalue weighted by Gasteiger charge is -2.35. The van der Waals surface area contributed by atoms with Crippen molar-refractivity contribution in [2.24, 2.45) is 0 Å². The van der Waals surface area contributed by atoms with Crippen LogP contribution < -0.4 is 4.72 Å². The van der Waals surface area contributed by atoms with Gasteiger partial charge in [0.1, 0.15) is 5.82 Å². The highest BCUT2D eigenvalue weighted by Gasteiger charge is 2.31. The first-order valence-electron chi connectivity index (χ1n) is 9.65. The van der Waals surface area contributed by atoms with Crippen molar-refractivity contribution >= 4 is 33.0 Å². The summed E-state index contributed by atoms with van der Waals surface area (Å²) in [4.78, 5) is 16.3. The van der Waals surface area contributed by atoms with Crippen LogP contribution in [-0.4, -0.2) is 25.8 Å². The van der Waals surface area contributed by atoms with Crippen molar-refractivity contribution in [2.75, 3.05) is 11.3 Å². The van der Waals surface area contributed by atoms with Gasteiger partial charge in [0.15, 0.2) is 0 Å². The molecule has 0 saturated carbocycles. The molecule has 1 aliphatic rings. The molecule has 30 heavy (non-hydrogen) atoms. The van der Waals surface area contributed by atoms with E-state index in [2.05, 4.69) is 10.8 Å². The minimum absolute atomic E-state index is 0.0238. The van der Waals surface area contributed by atoms with Gasteiger partial charge in [-0.3, -0.25) is 9.52 Å². The van der Waals surface area contributed by atoms with E-state index in [0.717, 1.165) is 12.8 Å². The molecule has 1 atom stereocenters. The summed E-state index contributed by atoms with van der Waals surface area (Å²) in [7, 11) is -4.04. The summed E-state index contributed by atoms with van der Waals surface area (Å²) in [5.74, 6) is -0.874. The SMILES string of the molecule is CC[C@H]1c2ccsc2CCN1C(=O)c1cccc(S(=O)(=O)Nc2ccccc2F)c1. The molecule has 0 saturated heterocycles. The maximum Gasteiger partial charge on any atom is 0.262 e. The Balaban J connectivity index is 1.62. The number of carbonyl (C=O) groups is 1. The average Bonchev–Trinajstić information content (AvgIpc) is 3.23. The summed E-state index contributed by atoms with van der Waals surface area (Å²) in [6.45, 7) is 2.63. The summed E-state index contributed by atoms with van der Waals surface area (Å²) < 4.78 is 41.6. The number of sulfonamides is 1. The molecule has 5 nitrogen and oxygen atoms in total. The minimum atomic E-state index is -4.04. The first-order chi connectivity index (χ1) is 14.4. The smallest absolute Gasteiger partial charge is 0.262 e. The van der Waals surface area contributed by atoms with Gasteiger partial charge in [0.05, 0.1) is 16.6 Å². The average molecular weight is 445 g/mol. The van der Waals surface area contributed by atoms with Crippen molar-refractivity contribution in [2.45, 2.75) is 30.7 Å². The van der Waals surface area contributed by atoms with Gasteiger partial charge in [-0.2, -0.15) is 0 Å². The molecule has 2 heterocycles. The number of benzene rings is 2. The molecule has 1 aliphatic heterocycles. The number of anilines is 1. The van der Waals surface area contributed by atoms with Crippen molar-refractivity contribution in [3.8, 4) is 0 Å². The molecule has 0 aliphatic carbocycles. The molecule has 4 rings (SSSR count). The number of para-hydroxylation sites is 1. The zero-order chi connectivity index (χ0) is 21.3. The predicted octanol–water partition coefficient (Wildman–Crippen LogP) is 4.84. The third kappa shape index (κ3) is 3.85. The van der Waals surface area contributed by atoms with Crippen LogP contribution in [-0.2, 0) is 16.4 Å². The third-order valence-electron chi connectivity index (χ3n) is 5.25. The summed E-state index contributed by atoms with van der Waals surface area (Å²) in [5, 5.41) is 2.04. The van der Waals surface area contributed by atoms with Gasteiger partial charge in [-0.25, -0.2) is 12.8 Å². The Labute approximate surface area is 179 Å². The quantitative estimate of drug-likeness (QED) is 0.613. The summed E-state index contributed by atoms with van der Waals surface area (Å²) >= 11 is 1.71. The first-order valence-corrected chi connectivity index (χ1v) is 12.0. The fourth-order valence-electron chi connectivity index (χ4n) is 3.79. The number of nitrogens with one attached hydrogen (secondary N) is 1. The number of carbonyl (C=O) groups excluding carboxylic acids is 1. The van der Waals surface area contributed by atoms with E-state index in [1.165, 1.54) is 46.8 Å². The van der Waals surface area contributed by atoms with Gasteiger partial charge in [0, 0.05) is 17.0 Å². The van der Waals surface area contributed by atoms with Gasteiger partial charge in [0.25, 0.3) is 15.9 Å². The van der Waals surface area contributed by atoms with Crippen molar-refractivity contribution < 1.29 is 17.6 Å². The molecule has 8 heteroatoms. The number of thiophene rings is 1. The number of rotatable bonds is 5. The van der Waals surface area contributed by atoms with E-state index < -0.39 is 15.8 Å². The zero-order valence-corrected chi connectivity index (χ0v) is 18.0. The lowest BCUT2D eigenvalue weighted by atomic mass is 9.97. The van der Waals surface area contributed by atoms with Crippen LogP contribution >= 0.6 is 11.3 Å². The van der Waals surface area contributed by atoms with Crippen LogP contribution in [0.1, 0.15) is 40.2 Å². The highest BCUT2D eigenvalue weighted by atomic mass is 32.2. The molecule has 3 aromatic rings. The van der Waals surface area contributed by atoms with Crippen LogP contribution in [0.5, 0.6) is 0 Å². The van der Waals surface area contributed by atoms with Crippen molar-refractivity contribution in [1.82, 2.24) is 4.90 Å². The zero-order valence-electron chi connectivity index (χ0n) is 16.3. The number of amides is 1. The molecular weight excluding hydrogens is 423 g/mol. The van der Waals surface area contributed by atoms with Crippen molar-refractivity contribution in [3.05, 3.63) is 81.8 Å². The predicted molar refractivity (Wildman–Crippen MR) is 116 cm³/mol. The number of halogens is 1. The Morgan fingerprint density at radius 1 is 1.20 bits per heavy atom. The Kier molecular flexibility index (Phi) is 5.62. The number of fused-ring (bicyclic) bond motifs is 1. The van der Waals surface area contributed by atoms with E-state index in [1.54, 1.807) is 23.5 Å².